The van der Waals surface area contributed by atoms with Gasteiger partial charge in [0, 0.05) is 15.7 Å². The summed E-state index contributed by atoms with van der Waals surface area (Å²) in [7, 11) is 1.58. The van der Waals surface area contributed by atoms with Crippen molar-refractivity contribution in [2.75, 3.05) is 19.0 Å². The second-order valence-electron chi connectivity index (χ2n) is 5.12. The van der Waals surface area contributed by atoms with Gasteiger partial charge in [-0.25, -0.2) is 4.79 Å². The van der Waals surface area contributed by atoms with Gasteiger partial charge in [0.15, 0.2) is 0 Å². The molecule has 0 fully saturated rings. The molecule has 1 aromatic carbocycles. The molecule has 126 valence electrons. The number of tetrazole rings is 1. The van der Waals surface area contributed by atoms with Crippen LogP contribution in [0.3, 0.4) is 0 Å². The van der Waals surface area contributed by atoms with Gasteiger partial charge in [0.1, 0.15) is 11.8 Å². The summed E-state index contributed by atoms with van der Waals surface area (Å²) in [5.41, 5.74) is 1.83. The van der Waals surface area contributed by atoms with Crippen LogP contribution in [0.5, 0.6) is 5.75 Å². The minimum atomic E-state index is -0.553. The Balaban J connectivity index is 2.22. The fourth-order valence-electron chi connectivity index (χ4n) is 2.69. The number of benzene rings is 1. The lowest BCUT2D eigenvalue weighted by atomic mass is 9.95. The zero-order valence-corrected chi connectivity index (χ0v) is 15.0. The molecule has 1 aliphatic rings. The van der Waals surface area contributed by atoms with E-state index in [1.807, 2.05) is 18.2 Å². The Morgan fingerprint density at radius 3 is 2.96 bits per heavy atom. The van der Waals surface area contributed by atoms with Gasteiger partial charge in [-0.1, -0.05) is 21.0 Å². The Kier molecular flexibility index (Phi) is 4.52. The molecule has 0 saturated heterocycles. The number of hydrogen-bond acceptors (Lipinski definition) is 7. The van der Waals surface area contributed by atoms with Crippen LogP contribution in [0.15, 0.2) is 33.9 Å². The Morgan fingerprint density at radius 1 is 1.46 bits per heavy atom. The van der Waals surface area contributed by atoms with Gasteiger partial charge in [0.25, 0.3) is 0 Å². The number of halogens is 1. The molecule has 0 spiro atoms. The average molecular weight is 394 g/mol. The standard InChI is InChI=1S/C15H16BrN5O3/c1-4-24-14(22)12-8(2)17-15-18-19-20-21(15)13(12)10-7-9(16)5-6-11(10)23-3/h5-7,13H,4H2,1-3H3,(H,17,18,20)/t13-/m1/s1. The van der Waals surface area contributed by atoms with Gasteiger partial charge in [-0.2, -0.15) is 4.68 Å². The number of ether oxygens (including phenoxy) is 2. The number of aromatic nitrogens is 4. The molecule has 9 heteroatoms. The molecule has 0 amide bonds. The maximum atomic E-state index is 12.6. The van der Waals surface area contributed by atoms with E-state index in [1.165, 1.54) is 0 Å². The van der Waals surface area contributed by atoms with E-state index >= 15 is 0 Å². The molecule has 0 aliphatic carbocycles. The van der Waals surface area contributed by atoms with Crippen LogP contribution >= 0.6 is 15.9 Å². The Labute approximate surface area is 147 Å². The van der Waals surface area contributed by atoms with Gasteiger partial charge < -0.3 is 14.8 Å². The Morgan fingerprint density at radius 2 is 2.25 bits per heavy atom. The van der Waals surface area contributed by atoms with Crippen molar-refractivity contribution in [1.29, 1.82) is 0 Å². The fourth-order valence-corrected chi connectivity index (χ4v) is 3.07. The smallest absolute Gasteiger partial charge is 0.338 e. The van der Waals surface area contributed by atoms with E-state index in [9.17, 15) is 4.79 Å². The van der Waals surface area contributed by atoms with Crippen LogP contribution < -0.4 is 10.1 Å². The molecule has 1 aromatic heterocycles. The second kappa shape index (κ2) is 6.60. The molecule has 0 saturated carbocycles. The first-order valence-corrected chi connectivity index (χ1v) is 8.12. The number of esters is 1. The highest BCUT2D eigenvalue weighted by Gasteiger charge is 2.36. The first kappa shape index (κ1) is 16.4. The van der Waals surface area contributed by atoms with Crippen LogP contribution in [-0.4, -0.2) is 39.9 Å². The number of allylic oxidation sites excluding steroid dienone is 1. The van der Waals surface area contributed by atoms with Gasteiger partial charge in [-0.15, -0.1) is 0 Å². The first-order chi connectivity index (χ1) is 11.6. The number of nitrogens with one attached hydrogen (secondary N) is 1. The summed E-state index contributed by atoms with van der Waals surface area (Å²) in [4.78, 5) is 12.6. The molecule has 1 aliphatic heterocycles. The van der Waals surface area contributed by atoms with Crippen molar-refractivity contribution < 1.29 is 14.3 Å². The lowest BCUT2D eigenvalue weighted by Crippen LogP contribution is -2.30. The number of carbonyl (C=O) groups excluding carboxylic acids is 1. The average Bonchev–Trinajstić information content (AvgIpc) is 3.01. The predicted molar refractivity (Wildman–Crippen MR) is 89.6 cm³/mol. The van der Waals surface area contributed by atoms with E-state index in [2.05, 4.69) is 36.8 Å². The van der Waals surface area contributed by atoms with Gasteiger partial charge in [0.2, 0.25) is 5.95 Å². The van der Waals surface area contributed by atoms with Crippen molar-refractivity contribution in [3.8, 4) is 5.75 Å². The third-order valence-electron chi connectivity index (χ3n) is 3.70. The number of nitrogens with zero attached hydrogens (tertiary/aromatic N) is 4. The summed E-state index contributed by atoms with van der Waals surface area (Å²) in [5, 5.41) is 14.7. The normalized spacial score (nSPS) is 16.4. The van der Waals surface area contributed by atoms with Crippen molar-refractivity contribution in [3.05, 3.63) is 39.5 Å². The van der Waals surface area contributed by atoms with Crippen molar-refractivity contribution in [2.45, 2.75) is 19.9 Å². The predicted octanol–water partition coefficient (Wildman–Crippen LogP) is 2.30. The van der Waals surface area contributed by atoms with Crippen molar-refractivity contribution >= 4 is 27.8 Å². The monoisotopic (exact) mass is 393 g/mol. The lowest BCUT2D eigenvalue weighted by Gasteiger charge is -2.28. The van der Waals surface area contributed by atoms with Crippen molar-refractivity contribution in [2.24, 2.45) is 0 Å². The number of hydrogen-bond donors (Lipinski definition) is 1. The summed E-state index contributed by atoms with van der Waals surface area (Å²) >= 11 is 3.46. The summed E-state index contributed by atoms with van der Waals surface area (Å²) in [6, 6.07) is 5.02. The van der Waals surface area contributed by atoms with Crippen LogP contribution in [0.4, 0.5) is 5.95 Å². The molecule has 0 unspecified atom stereocenters. The molecule has 24 heavy (non-hydrogen) atoms. The van der Waals surface area contributed by atoms with E-state index < -0.39 is 12.0 Å². The summed E-state index contributed by atoms with van der Waals surface area (Å²) in [6.45, 7) is 3.84. The zero-order chi connectivity index (χ0) is 17.3. The first-order valence-electron chi connectivity index (χ1n) is 7.33. The molecule has 2 heterocycles. The minimum absolute atomic E-state index is 0.278. The molecule has 1 atom stereocenters. The highest BCUT2D eigenvalue weighted by atomic mass is 79.9. The molecule has 2 aromatic rings. The van der Waals surface area contributed by atoms with Gasteiger partial charge >= 0.3 is 5.97 Å². The van der Waals surface area contributed by atoms with Crippen LogP contribution in [0, 0.1) is 0 Å². The van der Waals surface area contributed by atoms with E-state index in [-0.39, 0.29) is 6.61 Å². The highest BCUT2D eigenvalue weighted by molar-refractivity contribution is 9.10. The zero-order valence-electron chi connectivity index (χ0n) is 13.4. The SMILES string of the molecule is CCOC(=O)C1=C(C)Nc2nnnn2[C@@H]1c1cc(Br)ccc1OC. The summed E-state index contributed by atoms with van der Waals surface area (Å²) in [5.74, 6) is 0.657. The number of anilines is 1. The lowest BCUT2D eigenvalue weighted by molar-refractivity contribution is -0.139. The summed E-state index contributed by atoms with van der Waals surface area (Å²) in [6.07, 6.45) is 0. The van der Waals surface area contributed by atoms with Gasteiger partial charge in [-0.3, -0.25) is 0 Å². The largest absolute Gasteiger partial charge is 0.496 e. The quantitative estimate of drug-likeness (QED) is 0.796. The molecule has 3 rings (SSSR count). The van der Waals surface area contributed by atoms with Crippen molar-refractivity contribution in [3.63, 3.8) is 0 Å². The maximum absolute atomic E-state index is 12.6. The topological polar surface area (TPSA) is 91.2 Å². The molecular weight excluding hydrogens is 378 g/mol. The number of methoxy groups -OCH3 is 1. The van der Waals surface area contributed by atoms with E-state index in [1.54, 1.807) is 25.6 Å². The van der Waals surface area contributed by atoms with Gasteiger partial charge in [-0.05, 0) is 42.5 Å². The van der Waals surface area contributed by atoms with Crippen LogP contribution in [0.25, 0.3) is 0 Å². The maximum Gasteiger partial charge on any atom is 0.338 e. The minimum Gasteiger partial charge on any atom is -0.496 e. The molecule has 1 N–H and O–H groups in total. The van der Waals surface area contributed by atoms with E-state index in [0.717, 1.165) is 10.0 Å². The summed E-state index contributed by atoms with van der Waals surface area (Å²) < 4.78 is 13.1. The Bertz CT molecular complexity index is 817. The number of fused-ring (bicyclic) bond motifs is 1. The van der Waals surface area contributed by atoms with E-state index in [0.29, 0.717) is 23.0 Å². The third kappa shape index (κ3) is 2.75. The second-order valence-corrected chi connectivity index (χ2v) is 6.04. The number of carbonyl (C=O) groups is 1. The molecular formula is C15H16BrN5O3. The highest BCUT2D eigenvalue weighted by Crippen LogP contribution is 2.39. The van der Waals surface area contributed by atoms with Crippen LogP contribution in [-0.2, 0) is 9.53 Å². The third-order valence-corrected chi connectivity index (χ3v) is 4.19. The van der Waals surface area contributed by atoms with Crippen LogP contribution in [0.2, 0.25) is 0 Å². The number of rotatable bonds is 4. The van der Waals surface area contributed by atoms with Gasteiger partial charge in [0.05, 0.1) is 19.3 Å². The molecule has 0 bridgehead atoms. The molecule has 0 radical (unpaired) electrons. The van der Waals surface area contributed by atoms with E-state index in [4.69, 9.17) is 9.47 Å². The molecule has 8 nitrogen and oxygen atoms in total. The van der Waals surface area contributed by atoms with Crippen molar-refractivity contribution in [1.82, 2.24) is 20.2 Å². The van der Waals surface area contributed by atoms with Crippen LogP contribution in [0.1, 0.15) is 25.5 Å². The Hall–Kier alpha value is -2.42. The fraction of sp³-hybridized carbons (Fsp3) is 0.333.